The number of thiazole rings is 1. The Bertz CT molecular complexity index is 534. The molecule has 0 unspecified atom stereocenters. The molecule has 0 saturated heterocycles. The number of rotatable bonds is 3. The molecule has 1 aromatic carbocycles. The maximum Gasteiger partial charge on any atom is 0.251 e. The summed E-state index contributed by atoms with van der Waals surface area (Å²) in [7, 11) is 0. The zero-order valence-electron chi connectivity index (χ0n) is 9.86. The lowest BCUT2D eigenvalue weighted by Gasteiger charge is -2.05. The Kier molecular flexibility index (Phi) is 3.54. The number of nitrogens with zero attached hydrogens (tertiary/aromatic N) is 1. The van der Waals surface area contributed by atoms with Gasteiger partial charge in [0.1, 0.15) is 5.01 Å². The second kappa shape index (κ2) is 5.10. The van der Waals surface area contributed by atoms with Crippen LogP contribution in [-0.2, 0) is 6.54 Å². The molecule has 1 aromatic heterocycles. The van der Waals surface area contributed by atoms with Gasteiger partial charge in [-0.15, -0.1) is 11.3 Å². The summed E-state index contributed by atoms with van der Waals surface area (Å²) in [6.07, 6.45) is 1.82. The van der Waals surface area contributed by atoms with Gasteiger partial charge in [-0.3, -0.25) is 4.79 Å². The van der Waals surface area contributed by atoms with Gasteiger partial charge in [-0.05, 0) is 25.5 Å². The van der Waals surface area contributed by atoms with Crippen molar-refractivity contribution in [1.29, 1.82) is 0 Å². The van der Waals surface area contributed by atoms with E-state index in [2.05, 4.69) is 10.3 Å². The summed E-state index contributed by atoms with van der Waals surface area (Å²) in [6.45, 7) is 4.43. The number of amides is 1. The van der Waals surface area contributed by atoms with Gasteiger partial charge < -0.3 is 5.32 Å². The predicted molar refractivity (Wildman–Crippen MR) is 69.2 cm³/mol. The molecule has 1 amide bonds. The Labute approximate surface area is 105 Å². The summed E-state index contributed by atoms with van der Waals surface area (Å²) >= 11 is 1.60. The quantitative estimate of drug-likeness (QED) is 0.904. The van der Waals surface area contributed by atoms with Crippen molar-refractivity contribution in [2.24, 2.45) is 0 Å². The largest absolute Gasteiger partial charge is 0.346 e. The first-order chi connectivity index (χ1) is 8.16. The van der Waals surface area contributed by atoms with E-state index in [1.165, 1.54) is 0 Å². The van der Waals surface area contributed by atoms with Gasteiger partial charge in [0, 0.05) is 16.6 Å². The van der Waals surface area contributed by atoms with Crippen molar-refractivity contribution in [3.05, 3.63) is 51.5 Å². The van der Waals surface area contributed by atoms with Gasteiger partial charge in [0.15, 0.2) is 0 Å². The number of carbonyl (C=O) groups is 1. The van der Waals surface area contributed by atoms with Gasteiger partial charge in [0.05, 0.1) is 6.54 Å². The first-order valence-corrected chi connectivity index (χ1v) is 6.23. The molecule has 1 N–H and O–H groups in total. The lowest BCUT2D eigenvalue weighted by Crippen LogP contribution is -2.23. The molecule has 17 heavy (non-hydrogen) atoms. The van der Waals surface area contributed by atoms with Crippen LogP contribution in [0.1, 0.15) is 25.8 Å². The minimum absolute atomic E-state index is 0.0454. The standard InChI is InChI=1S/C13H14N2OS/c1-9-5-3-4-6-11(9)13(16)15-8-12-14-7-10(2)17-12/h3-7H,8H2,1-2H3,(H,15,16). The summed E-state index contributed by atoms with van der Waals surface area (Å²) in [5.74, 6) is -0.0454. The molecule has 2 rings (SSSR count). The number of benzene rings is 1. The molecular formula is C13H14N2OS. The smallest absolute Gasteiger partial charge is 0.251 e. The Morgan fingerprint density at radius 1 is 1.35 bits per heavy atom. The van der Waals surface area contributed by atoms with Crippen LogP contribution in [0.4, 0.5) is 0 Å². The van der Waals surface area contributed by atoms with Crippen LogP contribution in [0.3, 0.4) is 0 Å². The van der Waals surface area contributed by atoms with E-state index < -0.39 is 0 Å². The van der Waals surface area contributed by atoms with E-state index >= 15 is 0 Å². The minimum Gasteiger partial charge on any atom is -0.346 e. The van der Waals surface area contributed by atoms with E-state index in [9.17, 15) is 4.79 Å². The van der Waals surface area contributed by atoms with E-state index in [0.29, 0.717) is 6.54 Å². The summed E-state index contributed by atoms with van der Waals surface area (Å²) in [6, 6.07) is 7.56. The molecule has 2 aromatic rings. The van der Waals surface area contributed by atoms with Crippen LogP contribution < -0.4 is 5.32 Å². The van der Waals surface area contributed by atoms with Crippen molar-refractivity contribution in [2.45, 2.75) is 20.4 Å². The van der Waals surface area contributed by atoms with Gasteiger partial charge in [-0.25, -0.2) is 4.98 Å². The summed E-state index contributed by atoms with van der Waals surface area (Å²) in [4.78, 5) is 17.3. The fraction of sp³-hybridized carbons (Fsp3) is 0.231. The molecule has 0 fully saturated rings. The molecular weight excluding hydrogens is 232 g/mol. The van der Waals surface area contributed by atoms with E-state index in [1.54, 1.807) is 11.3 Å². The Morgan fingerprint density at radius 2 is 2.12 bits per heavy atom. The second-order valence-electron chi connectivity index (χ2n) is 3.86. The molecule has 0 atom stereocenters. The van der Waals surface area contributed by atoms with Gasteiger partial charge in [0.25, 0.3) is 5.91 Å². The average molecular weight is 246 g/mol. The number of hydrogen-bond acceptors (Lipinski definition) is 3. The van der Waals surface area contributed by atoms with Crippen LogP contribution in [0, 0.1) is 13.8 Å². The molecule has 0 aliphatic heterocycles. The fourth-order valence-corrected chi connectivity index (χ4v) is 2.29. The highest BCUT2D eigenvalue weighted by atomic mass is 32.1. The van der Waals surface area contributed by atoms with Gasteiger partial charge in [-0.2, -0.15) is 0 Å². The van der Waals surface area contributed by atoms with Crippen molar-refractivity contribution in [3.8, 4) is 0 Å². The van der Waals surface area contributed by atoms with Gasteiger partial charge >= 0.3 is 0 Å². The van der Waals surface area contributed by atoms with Crippen LogP contribution in [0.15, 0.2) is 30.5 Å². The van der Waals surface area contributed by atoms with Crippen molar-refractivity contribution in [3.63, 3.8) is 0 Å². The Balaban J connectivity index is 2.01. The molecule has 0 bridgehead atoms. The van der Waals surface area contributed by atoms with Gasteiger partial charge in [0.2, 0.25) is 0 Å². The van der Waals surface area contributed by atoms with Crippen LogP contribution in [0.2, 0.25) is 0 Å². The Hall–Kier alpha value is -1.68. The molecule has 0 spiro atoms. The summed E-state index contributed by atoms with van der Waals surface area (Å²) in [5, 5.41) is 3.81. The van der Waals surface area contributed by atoms with Crippen molar-refractivity contribution < 1.29 is 4.79 Å². The average Bonchev–Trinajstić information content (AvgIpc) is 2.73. The third-order valence-electron chi connectivity index (χ3n) is 2.46. The highest BCUT2D eigenvalue weighted by Gasteiger charge is 2.08. The third kappa shape index (κ3) is 2.91. The topological polar surface area (TPSA) is 42.0 Å². The number of carbonyl (C=O) groups excluding carboxylic acids is 1. The molecule has 88 valence electrons. The molecule has 1 heterocycles. The highest BCUT2D eigenvalue weighted by Crippen LogP contribution is 2.11. The number of hydrogen-bond donors (Lipinski definition) is 1. The van der Waals surface area contributed by atoms with Crippen LogP contribution in [0.25, 0.3) is 0 Å². The van der Waals surface area contributed by atoms with Gasteiger partial charge in [-0.1, -0.05) is 18.2 Å². The lowest BCUT2D eigenvalue weighted by atomic mass is 10.1. The van der Waals surface area contributed by atoms with E-state index in [4.69, 9.17) is 0 Å². The molecule has 0 saturated carbocycles. The van der Waals surface area contributed by atoms with Crippen LogP contribution in [0.5, 0.6) is 0 Å². The number of aromatic nitrogens is 1. The first-order valence-electron chi connectivity index (χ1n) is 5.42. The van der Waals surface area contributed by atoms with E-state index in [1.807, 2.05) is 44.3 Å². The zero-order chi connectivity index (χ0) is 12.3. The molecule has 0 radical (unpaired) electrons. The predicted octanol–water partition coefficient (Wildman–Crippen LogP) is 2.69. The van der Waals surface area contributed by atoms with E-state index in [0.717, 1.165) is 21.0 Å². The number of nitrogens with one attached hydrogen (secondary N) is 1. The minimum atomic E-state index is -0.0454. The van der Waals surface area contributed by atoms with Crippen LogP contribution in [-0.4, -0.2) is 10.9 Å². The molecule has 0 aliphatic carbocycles. The zero-order valence-corrected chi connectivity index (χ0v) is 10.7. The fourth-order valence-electron chi connectivity index (χ4n) is 1.56. The summed E-state index contributed by atoms with van der Waals surface area (Å²) in [5.41, 5.74) is 1.71. The molecule has 4 heteroatoms. The van der Waals surface area contributed by atoms with E-state index in [-0.39, 0.29) is 5.91 Å². The maximum absolute atomic E-state index is 11.9. The monoisotopic (exact) mass is 246 g/mol. The molecule has 0 aliphatic rings. The lowest BCUT2D eigenvalue weighted by molar-refractivity contribution is 0.0950. The van der Waals surface area contributed by atoms with Crippen molar-refractivity contribution in [1.82, 2.24) is 10.3 Å². The van der Waals surface area contributed by atoms with Crippen molar-refractivity contribution in [2.75, 3.05) is 0 Å². The normalized spacial score (nSPS) is 10.2. The van der Waals surface area contributed by atoms with Crippen molar-refractivity contribution >= 4 is 17.2 Å². The second-order valence-corrected chi connectivity index (χ2v) is 5.18. The highest BCUT2D eigenvalue weighted by molar-refractivity contribution is 7.11. The third-order valence-corrected chi connectivity index (χ3v) is 3.37. The first kappa shape index (κ1) is 11.8. The Morgan fingerprint density at radius 3 is 2.76 bits per heavy atom. The van der Waals surface area contributed by atoms with Crippen LogP contribution >= 0.6 is 11.3 Å². The SMILES string of the molecule is Cc1cnc(CNC(=O)c2ccccc2C)s1. The molecule has 3 nitrogen and oxygen atoms in total. The maximum atomic E-state index is 11.9. The summed E-state index contributed by atoms with van der Waals surface area (Å²) < 4.78 is 0. The number of aryl methyl sites for hydroxylation is 2.